The van der Waals surface area contributed by atoms with E-state index in [4.69, 9.17) is 0 Å². The second-order valence-corrected chi connectivity index (χ2v) is 10.6. The molecule has 0 aromatic heterocycles. The molecule has 0 saturated heterocycles. The van der Waals surface area contributed by atoms with Crippen LogP contribution in [0.5, 0.6) is 0 Å². The monoisotopic (exact) mass is 422 g/mol. The van der Waals surface area contributed by atoms with Gasteiger partial charge in [0.05, 0.1) is 0 Å². The molecule has 0 saturated carbocycles. The van der Waals surface area contributed by atoms with Gasteiger partial charge in [-0.15, -0.1) is 0 Å². The first-order valence-electron chi connectivity index (χ1n) is 11.1. The van der Waals surface area contributed by atoms with E-state index in [2.05, 4.69) is 53.7 Å². The normalized spacial score (nSPS) is 18.9. The molecule has 0 N–H and O–H groups in total. The van der Waals surface area contributed by atoms with Gasteiger partial charge in [0.2, 0.25) is 0 Å². The number of ketones is 2. The third-order valence-corrected chi connectivity index (χ3v) is 6.11. The molecule has 0 bridgehead atoms. The summed E-state index contributed by atoms with van der Waals surface area (Å²) in [5.74, 6) is 0.197. The van der Waals surface area contributed by atoms with Gasteiger partial charge < -0.3 is 0 Å². The second kappa shape index (κ2) is 7.70. The maximum absolute atomic E-state index is 13.1. The number of hydrogen-bond acceptors (Lipinski definition) is 2. The van der Waals surface area contributed by atoms with Crippen LogP contribution in [0.3, 0.4) is 0 Å². The van der Waals surface area contributed by atoms with Gasteiger partial charge in [-0.3, -0.25) is 9.59 Å². The molecular weight excluding hydrogens is 392 g/mol. The number of hydrogen-bond donors (Lipinski definition) is 0. The topological polar surface area (TPSA) is 34.1 Å². The standard InChI is InChI=1S/C30H30O2/c1-29(2,3)25-17-19(21-11-7-9-13-23(21)27(25)31)15-16-20-18-26(30(4,5)6)28(32)24-14-10-8-12-22(20)24/h7-18H,1-6H3/b19-15-,20-16+. The zero-order valence-electron chi connectivity index (χ0n) is 19.7. The number of fused-ring (bicyclic) bond motifs is 2. The Morgan fingerprint density at radius 1 is 0.531 bits per heavy atom. The minimum atomic E-state index is -0.250. The maximum atomic E-state index is 13.1. The number of carbonyl (C=O) groups excluding carboxylic acids is 2. The average Bonchev–Trinajstić information content (AvgIpc) is 2.73. The van der Waals surface area contributed by atoms with Crippen molar-refractivity contribution in [1.82, 2.24) is 0 Å². The molecule has 0 spiro atoms. The second-order valence-electron chi connectivity index (χ2n) is 10.6. The van der Waals surface area contributed by atoms with Crippen LogP contribution in [0.1, 0.15) is 73.4 Å². The van der Waals surface area contributed by atoms with Crippen molar-refractivity contribution in [2.45, 2.75) is 41.5 Å². The molecule has 4 rings (SSSR count). The summed E-state index contributed by atoms with van der Waals surface area (Å²) in [6.07, 6.45) is 8.21. The van der Waals surface area contributed by atoms with Crippen molar-refractivity contribution in [1.29, 1.82) is 0 Å². The summed E-state index contributed by atoms with van der Waals surface area (Å²) in [6.45, 7) is 12.4. The van der Waals surface area contributed by atoms with Gasteiger partial charge in [0.1, 0.15) is 0 Å². The van der Waals surface area contributed by atoms with Gasteiger partial charge >= 0.3 is 0 Å². The van der Waals surface area contributed by atoms with Crippen molar-refractivity contribution in [3.63, 3.8) is 0 Å². The minimum absolute atomic E-state index is 0.0985. The molecule has 0 aliphatic heterocycles. The van der Waals surface area contributed by atoms with Gasteiger partial charge in [0.25, 0.3) is 0 Å². The molecule has 0 unspecified atom stereocenters. The highest BCUT2D eigenvalue weighted by Gasteiger charge is 2.31. The van der Waals surface area contributed by atoms with Gasteiger partial charge in [0.15, 0.2) is 11.6 Å². The molecule has 2 heteroatoms. The number of allylic oxidation sites excluding steroid dienone is 8. The van der Waals surface area contributed by atoms with Crippen LogP contribution in [-0.2, 0) is 0 Å². The molecule has 0 fully saturated rings. The van der Waals surface area contributed by atoms with Crippen LogP contribution >= 0.6 is 0 Å². The van der Waals surface area contributed by atoms with Crippen molar-refractivity contribution >= 4 is 22.7 Å². The van der Waals surface area contributed by atoms with E-state index >= 15 is 0 Å². The molecule has 2 aliphatic carbocycles. The zero-order valence-corrected chi connectivity index (χ0v) is 19.7. The Morgan fingerprint density at radius 3 is 1.16 bits per heavy atom. The highest BCUT2D eigenvalue weighted by Crippen LogP contribution is 2.40. The lowest BCUT2D eigenvalue weighted by Crippen LogP contribution is -2.22. The molecule has 0 amide bonds. The third kappa shape index (κ3) is 3.86. The summed E-state index contributed by atoms with van der Waals surface area (Å²) in [7, 11) is 0. The van der Waals surface area contributed by atoms with Crippen LogP contribution in [-0.4, -0.2) is 11.6 Å². The molecule has 2 aliphatic rings. The molecule has 0 atom stereocenters. The van der Waals surface area contributed by atoms with Crippen molar-refractivity contribution in [3.8, 4) is 0 Å². The largest absolute Gasteiger partial charge is 0.289 e. The predicted molar refractivity (Wildman–Crippen MR) is 133 cm³/mol. The average molecular weight is 423 g/mol. The minimum Gasteiger partial charge on any atom is -0.289 e. The Morgan fingerprint density at radius 2 is 0.844 bits per heavy atom. The van der Waals surface area contributed by atoms with Crippen molar-refractivity contribution < 1.29 is 9.59 Å². The Kier molecular flexibility index (Phi) is 5.29. The third-order valence-electron chi connectivity index (χ3n) is 6.11. The van der Waals surface area contributed by atoms with E-state index in [0.717, 1.165) is 44.5 Å². The van der Waals surface area contributed by atoms with Gasteiger partial charge in [-0.25, -0.2) is 0 Å². The molecule has 162 valence electrons. The summed E-state index contributed by atoms with van der Waals surface area (Å²) in [5.41, 5.74) is 6.53. The smallest absolute Gasteiger partial charge is 0.190 e. The van der Waals surface area contributed by atoms with Crippen molar-refractivity contribution in [2.75, 3.05) is 0 Å². The van der Waals surface area contributed by atoms with Crippen LogP contribution in [0.25, 0.3) is 11.1 Å². The van der Waals surface area contributed by atoms with Gasteiger partial charge in [-0.1, -0.05) is 102 Å². The number of carbonyl (C=O) groups is 2. The molecular formula is C30H30O2. The Bertz CT molecular complexity index is 1150. The Labute approximate surface area is 191 Å². The fourth-order valence-corrected chi connectivity index (χ4v) is 4.32. The van der Waals surface area contributed by atoms with Crippen molar-refractivity contribution in [2.24, 2.45) is 10.8 Å². The van der Waals surface area contributed by atoms with Gasteiger partial charge in [-0.05, 0) is 45.3 Å². The van der Waals surface area contributed by atoms with Crippen LogP contribution in [0, 0.1) is 10.8 Å². The van der Waals surface area contributed by atoms with E-state index in [-0.39, 0.29) is 22.4 Å². The summed E-state index contributed by atoms with van der Waals surface area (Å²) in [6, 6.07) is 15.6. The lowest BCUT2D eigenvalue weighted by atomic mass is 9.75. The molecule has 2 nitrogen and oxygen atoms in total. The molecule has 32 heavy (non-hydrogen) atoms. The Hall–Kier alpha value is -3.26. The molecule has 2 aromatic rings. The summed E-state index contributed by atoms with van der Waals surface area (Å²) in [5, 5.41) is 0. The lowest BCUT2D eigenvalue weighted by molar-refractivity contribution is 0.1000. The fourth-order valence-electron chi connectivity index (χ4n) is 4.32. The van der Waals surface area contributed by atoms with E-state index < -0.39 is 0 Å². The Balaban J connectivity index is 1.91. The number of benzene rings is 2. The fraction of sp³-hybridized carbons (Fsp3) is 0.267. The predicted octanol–water partition coefficient (Wildman–Crippen LogP) is 7.49. The van der Waals surface area contributed by atoms with E-state index in [1.807, 2.05) is 60.7 Å². The van der Waals surface area contributed by atoms with Crippen LogP contribution in [0.4, 0.5) is 0 Å². The van der Waals surface area contributed by atoms with Crippen molar-refractivity contribution in [3.05, 3.63) is 106 Å². The van der Waals surface area contributed by atoms with E-state index in [1.54, 1.807) is 0 Å². The summed E-state index contributed by atoms with van der Waals surface area (Å²) >= 11 is 0. The SMILES string of the molecule is CC(C)(C)C1=C/C(=C/C=C2\C=C(C(C)(C)C)C(=O)c3ccccc32)c2ccccc2C1=O. The quantitative estimate of drug-likeness (QED) is 0.477. The summed E-state index contributed by atoms with van der Waals surface area (Å²) in [4.78, 5) is 26.2. The summed E-state index contributed by atoms with van der Waals surface area (Å²) < 4.78 is 0. The van der Waals surface area contributed by atoms with Crippen LogP contribution in [0.2, 0.25) is 0 Å². The highest BCUT2D eigenvalue weighted by molar-refractivity contribution is 6.18. The highest BCUT2D eigenvalue weighted by atomic mass is 16.1. The molecule has 0 radical (unpaired) electrons. The van der Waals surface area contributed by atoms with Crippen LogP contribution < -0.4 is 0 Å². The first-order valence-corrected chi connectivity index (χ1v) is 11.1. The van der Waals surface area contributed by atoms with Gasteiger partial charge in [0, 0.05) is 22.3 Å². The molecule has 0 heterocycles. The van der Waals surface area contributed by atoms with E-state index in [0.29, 0.717) is 0 Å². The lowest BCUT2D eigenvalue weighted by Gasteiger charge is -2.28. The first-order chi connectivity index (χ1) is 15.0. The van der Waals surface area contributed by atoms with Gasteiger partial charge in [-0.2, -0.15) is 0 Å². The molecule has 2 aromatic carbocycles. The number of rotatable bonds is 1. The zero-order chi connectivity index (χ0) is 23.3. The van der Waals surface area contributed by atoms with Crippen LogP contribution in [0.15, 0.2) is 84.0 Å². The first kappa shape index (κ1) is 22.0. The number of Topliss-reactive ketones (excluding diaryl/α,β-unsaturated/α-hetero) is 2. The maximum Gasteiger partial charge on any atom is 0.190 e. The van der Waals surface area contributed by atoms with E-state index in [9.17, 15) is 9.59 Å². The van der Waals surface area contributed by atoms with E-state index in [1.165, 1.54) is 0 Å².